The van der Waals surface area contributed by atoms with Crippen molar-refractivity contribution in [3.63, 3.8) is 0 Å². The number of anilines is 1. The van der Waals surface area contributed by atoms with Crippen molar-refractivity contribution in [1.82, 2.24) is 14.3 Å². The van der Waals surface area contributed by atoms with E-state index >= 15 is 0 Å². The Hall–Kier alpha value is -3.80. The lowest BCUT2D eigenvalue weighted by Crippen LogP contribution is -2.29. The van der Waals surface area contributed by atoms with Gasteiger partial charge in [0.15, 0.2) is 4.90 Å². The molecule has 12 heteroatoms. The van der Waals surface area contributed by atoms with Gasteiger partial charge < -0.3 is 9.12 Å². The van der Waals surface area contributed by atoms with Gasteiger partial charge in [0.05, 0.1) is 16.4 Å². The number of halogens is 2. The van der Waals surface area contributed by atoms with Crippen molar-refractivity contribution in [3.8, 4) is 28.1 Å². The number of hydrogen-bond acceptors (Lipinski definition) is 5. The van der Waals surface area contributed by atoms with Gasteiger partial charge in [-0.2, -0.15) is 8.42 Å². The van der Waals surface area contributed by atoms with E-state index in [0.29, 0.717) is 50.7 Å². The van der Waals surface area contributed by atoms with Gasteiger partial charge in [-0.1, -0.05) is 86.4 Å². The summed E-state index contributed by atoms with van der Waals surface area (Å²) < 4.78 is 43.1. The predicted octanol–water partition coefficient (Wildman–Crippen LogP) is 7.83. The van der Waals surface area contributed by atoms with Gasteiger partial charge in [0.25, 0.3) is 5.91 Å². The Morgan fingerprint density at radius 3 is 2.33 bits per heavy atom. The minimum atomic E-state index is -3.98. The number of carbonyl (C=O) groups excluding carboxylic acids is 1. The van der Waals surface area contributed by atoms with Crippen LogP contribution in [0.4, 0.5) is 5.69 Å². The quantitative estimate of drug-likeness (QED) is 0.156. The van der Waals surface area contributed by atoms with E-state index in [2.05, 4.69) is 20.8 Å². The third-order valence-electron chi connectivity index (χ3n) is 7.99. The Morgan fingerprint density at radius 2 is 1.65 bits per heavy atom. The molecule has 1 amide bonds. The zero-order valence-electron chi connectivity index (χ0n) is 26.6. The maximum absolute atomic E-state index is 13.0. The molecule has 2 heterocycles. The van der Waals surface area contributed by atoms with Crippen molar-refractivity contribution in [2.45, 2.75) is 38.5 Å². The summed E-state index contributed by atoms with van der Waals surface area (Å²) in [7, 11) is -3.98. The fraction of sp³-hybridized carbons (Fsp3) is 0.222. The number of aromatic nitrogens is 2. The molecule has 0 aliphatic carbocycles. The number of nitrogens with one attached hydrogen (secondary N) is 1. The zero-order valence-corrected chi connectivity index (χ0v) is 29.8. The van der Waals surface area contributed by atoms with E-state index in [0.717, 1.165) is 32.3 Å². The molecule has 0 radical (unpaired) electrons. The van der Waals surface area contributed by atoms with Crippen LogP contribution >= 0.6 is 23.2 Å². The van der Waals surface area contributed by atoms with Gasteiger partial charge in [-0.15, -0.1) is 0 Å². The molecular formula is C36H34Cl2N4O4S2. The Morgan fingerprint density at radius 1 is 0.917 bits per heavy atom. The average molecular weight is 722 g/mol. The maximum Gasteiger partial charge on any atom is 0.326 e. The second-order valence-corrected chi connectivity index (χ2v) is 16.9. The second kappa shape index (κ2) is 13.6. The molecule has 5 aromatic rings. The van der Waals surface area contributed by atoms with Crippen LogP contribution in [0.1, 0.15) is 38.6 Å². The Labute approximate surface area is 294 Å². The smallest absolute Gasteiger partial charge is 0.326 e. The topological polar surface area (TPSA) is 107 Å². The third-order valence-corrected chi connectivity index (χ3v) is 11.3. The summed E-state index contributed by atoms with van der Waals surface area (Å²) in [6.45, 7) is 6.17. The molecule has 248 valence electrons. The lowest BCUT2D eigenvalue weighted by Gasteiger charge is -2.19. The molecule has 1 N–H and O–H groups in total. The van der Waals surface area contributed by atoms with Crippen LogP contribution in [0.5, 0.6) is 0 Å². The van der Waals surface area contributed by atoms with Crippen LogP contribution in [-0.4, -0.2) is 40.7 Å². The molecule has 0 spiro atoms. The van der Waals surface area contributed by atoms with E-state index in [1.807, 2.05) is 76.1 Å². The first-order valence-electron chi connectivity index (χ1n) is 15.3. The van der Waals surface area contributed by atoms with Crippen LogP contribution in [0.3, 0.4) is 0 Å². The van der Waals surface area contributed by atoms with Gasteiger partial charge in [0.2, 0.25) is 0 Å². The van der Waals surface area contributed by atoms with E-state index in [1.165, 1.54) is 0 Å². The number of rotatable bonds is 9. The highest BCUT2D eigenvalue weighted by Gasteiger charge is 2.34. The molecule has 1 aliphatic heterocycles. The highest BCUT2D eigenvalue weighted by atomic mass is 35.5. The first-order chi connectivity index (χ1) is 22.8. The van der Waals surface area contributed by atoms with Crippen LogP contribution in [-0.2, 0) is 32.6 Å². The highest BCUT2D eigenvalue weighted by molar-refractivity contribution is 7.92. The number of benzene rings is 4. The van der Waals surface area contributed by atoms with Crippen molar-refractivity contribution < 1.29 is 17.8 Å². The fourth-order valence-corrected chi connectivity index (χ4v) is 8.57. The zero-order chi connectivity index (χ0) is 34.2. The lowest BCUT2D eigenvalue weighted by molar-refractivity contribution is -0.117. The van der Waals surface area contributed by atoms with Crippen LogP contribution in [0.25, 0.3) is 28.1 Å². The van der Waals surface area contributed by atoms with Gasteiger partial charge in [-0.25, -0.2) is 14.0 Å². The van der Waals surface area contributed by atoms with E-state index in [9.17, 15) is 17.8 Å². The largest absolute Gasteiger partial charge is 0.611 e. The van der Waals surface area contributed by atoms with Crippen molar-refractivity contribution >= 4 is 56.2 Å². The summed E-state index contributed by atoms with van der Waals surface area (Å²) >= 11 is 11.7. The van der Waals surface area contributed by atoms with Crippen LogP contribution in [0, 0.1) is 5.41 Å². The van der Waals surface area contributed by atoms with Crippen molar-refractivity contribution in [3.05, 3.63) is 119 Å². The summed E-state index contributed by atoms with van der Waals surface area (Å²) in [6.07, 6.45) is 3.18. The maximum atomic E-state index is 13.0. The van der Waals surface area contributed by atoms with Gasteiger partial charge >= 0.3 is 10.2 Å². The molecule has 1 aromatic heterocycles. The summed E-state index contributed by atoms with van der Waals surface area (Å²) in [5.41, 5.74) is 5.45. The summed E-state index contributed by atoms with van der Waals surface area (Å²) in [4.78, 5) is 17.7. The molecule has 6 rings (SSSR count). The van der Waals surface area contributed by atoms with Gasteiger partial charge in [0, 0.05) is 35.0 Å². The van der Waals surface area contributed by atoms with E-state index in [-0.39, 0.29) is 12.0 Å². The molecule has 8 nitrogen and oxygen atoms in total. The molecule has 1 unspecified atom stereocenters. The number of nitrogens with zero attached hydrogens (tertiary/aromatic N) is 3. The molecule has 1 aliphatic rings. The van der Waals surface area contributed by atoms with E-state index in [4.69, 9.17) is 28.2 Å². The van der Waals surface area contributed by atoms with Crippen LogP contribution < -0.4 is 9.03 Å². The summed E-state index contributed by atoms with van der Waals surface area (Å²) in [5, 5.41) is 0.957. The Kier molecular flexibility index (Phi) is 9.66. The summed E-state index contributed by atoms with van der Waals surface area (Å²) in [6, 6.07) is 28.2. The molecule has 48 heavy (non-hydrogen) atoms. The van der Waals surface area contributed by atoms with Crippen molar-refractivity contribution in [2.24, 2.45) is 5.41 Å². The normalized spacial score (nSPS) is 15.0. The molecule has 1 saturated heterocycles. The summed E-state index contributed by atoms with van der Waals surface area (Å²) in [5.74, 6) is 0.719. The average Bonchev–Trinajstić information content (AvgIpc) is 3.58. The van der Waals surface area contributed by atoms with Gasteiger partial charge in [0.1, 0.15) is 18.1 Å². The molecule has 1 fully saturated rings. The Bertz CT molecular complexity index is 2090. The molecule has 0 bridgehead atoms. The highest BCUT2D eigenvalue weighted by Crippen LogP contribution is 2.33. The van der Waals surface area contributed by atoms with Crippen LogP contribution in [0.2, 0.25) is 10.0 Å². The SMILES string of the molecule is CC(C)(C)CC[S+]([O-])c1cccc(-c2ccc(Cc3nc(-c4ccc(Cl)cc4Cl)cn3-c3cccc(N4CC(=O)NS4(=O)=O)c3)cc2)c1. The molecule has 4 aromatic carbocycles. The minimum absolute atomic E-state index is 0.120. The molecular weight excluding hydrogens is 687 g/mol. The number of carbonyl (C=O) groups is 1. The van der Waals surface area contributed by atoms with Crippen molar-refractivity contribution in [2.75, 3.05) is 16.6 Å². The minimum Gasteiger partial charge on any atom is -0.611 e. The Balaban J connectivity index is 1.31. The third kappa shape index (κ3) is 7.74. The standard InChI is InChI=1S/C36H34Cl2N4O4S2/c1-36(2,3)16-17-47(44)30-9-4-6-26(19-30)25-12-10-24(11-13-25)18-34-39-33(31-15-14-27(37)20-32(31)38)22-41(34)28-7-5-8-29(21-28)42-23-35(43)40-48(42,45)46/h4-15,19-22H,16-18,23H2,1-3H3,(H,40,43). The monoisotopic (exact) mass is 720 g/mol. The molecule has 1 atom stereocenters. The number of amides is 1. The first kappa shape index (κ1) is 34.1. The fourth-order valence-electron chi connectivity index (χ4n) is 5.40. The molecule has 0 saturated carbocycles. The number of imidazole rings is 1. The predicted molar refractivity (Wildman–Crippen MR) is 193 cm³/mol. The van der Waals surface area contributed by atoms with Crippen molar-refractivity contribution in [1.29, 1.82) is 0 Å². The van der Waals surface area contributed by atoms with Gasteiger partial charge in [-0.05, 0) is 82.2 Å². The van der Waals surface area contributed by atoms with Gasteiger partial charge in [-0.3, -0.25) is 4.79 Å². The number of hydrogen-bond donors (Lipinski definition) is 1. The van der Waals surface area contributed by atoms with Crippen LogP contribution in [0.15, 0.2) is 102 Å². The first-order valence-corrected chi connectivity index (χ1v) is 18.8. The lowest BCUT2D eigenvalue weighted by atomic mass is 9.94. The van der Waals surface area contributed by atoms with E-state index < -0.39 is 27.3 Å². The second-order valence-electron chi connectivity index (χ2n) is 12.9. The van der Waals surface area contributed by atoms with E-state index in [1.54, 1.807) is 30.3 Å².